The van der Waals surface area contributed by atoms with Crippen LogP contribution in [-0.2, 0) is 7.05 Å². The number of fused-ring (bicyclic) bond motifs is 2. The molecule has 0 aromatic carbocycles. The van der Waals surface area contributed by atoms with E-state index in [2.05, 4.69) is 58.7 Å². The molecule has 156 valence electrons. The van der Waals surface area contributed by atoms with Gasteiger partial charge in [-0.3, -0.25) is 4.68 Å². The molecule has 0 aliphatic heterocycles. The molecule has 4 N–H and O–H groups in total. The number of hydrogen-bond acceptors (Lipinski definition) is 7. The Morgan fingerprint density at radius 1 is 1.23 bits per heavy atom. The number of imidazole rings is 1. The van der Waals surface area contributed by atoms with Crippen molar-refractivity contribution < 1.29 is 0 Å². The van der Waals surface area contributed by atoms with Crippen molar-refractivity contribution >= 4 is 34.0 Å². The highest BCUT2D eigenvalue weighted by Crippen LogP contribution is 2.40. The quantitative estimate of drug-likeness (QED) is 0.403. The highest BCUT2D eigenvalue weighted by atomic mass is 15.3. The monoisotopic (exact) mass is 414 g/mol. The van der Waals surface area contributed by atoms with Gasteiger partial charge in [0.15, 0.2) is 11.5 Å². The molecule has 10 heteroatoms. The number of nitrogen functional groups attached to an aromatic ring is 1. The smallest absolute Gasteiger partial charge is 0.224 e. The summed E-state index contributed by atoms with van der Waals surface area (Å²) < 4.78 is 4.21. The zero-order chi connectivity index (χ0) is 21.1. The van der Waals surface area contributed by atoms with Gasteiger partial charge in [-0.25, -0.2) is 9.97 Å². The first-order valence-corrected chi connectivity index (χ1v) is 10.3. The fourth-order valence-corrected chi connectivity index (χ4v) is 4.10. The van der Waals surface area contributed by atoms with Crippen molar-refractivity contribution in [1.82, 2.24) is 39.3 Å². The molecule has 1 atom stereocenters. The fraction of sp³-hybridized carbons (Fsp3) is 0.286. The molecule has 1 saturated carbocycles. The van der Waals surface area contributed by atoms with Crippen LogP contribution in [0.3, 0.4) is 0 Å². The SMILES string of the molecule is C[C@H](Nc1nc(N)nc2[nH]cnc12)c1nc2ccn(C)c2cc1-c1ccnn1C1CC1. The van der Waals surface area contributed by atoms with Gasteiger partial charge in [-0.2, -0.15) is 15.1 Å². The van der Waals surface area contributed by atoms with Crippen LogP contribution in [0.25, 0.3) is 33.5 Å². The minimum atomic E-state index is -0.156. The number of hydrogen-bond donors (Lipinski definition) is 3. The summed E-state index contributed by atoms with van der Waals surface area (Å²) in [6.07, 6.45) is 7.80. The van der Waals surface area contributed by atoms with E-state index >= 15 is 0 Å². The van der Waals surface area contributed by atoms with Crippen molar-refractivity contribution in [3.05, 3.63) is 42.6 Å². The number of aromatic amines is 1. The van der Waals surface area contributed by atoms with Crippen LogP contribution in [-0.4, -0.2) is 39.3 Å². The van der Waals surface area contributed by atoms with E-state index in [0.29, 0.717) is 23.0 Å². The van der Waals surface area contributed by atoms with E-state index in [1.165, 1.54) is 0 Å². The number of nitrogens with two attached hydrogens (primary N) is 1. The molecule has 5 heterocycles. The average Bonchev–Trinajstić information content (AvgIpc) is 3.13. The lowest BCUT2D eigenvalue weighted by molar-refractivity contribution is 0.647. The average molecular weight is 414 g/mol. The Bertz CT molecular complexity index is 1420. The van der Waals surface area contributed by atoms with Crippen LogP contribution in [0.4, 0.5) is 11.8 Å². The third-order valence-electron chi connectivity index (χ3n) is 5.79. The maximum Gasteiger partial charge on any atom is 0.224 e. The molecule has 1 fully saturated rings. The number of H-pyrrole nitrogens is 1. The molecule has 0 unspecified atom stereocenters. The second-order valence-electron chi connectivity index (χ2n) is 8.04. The summed E-state index contributed by atoms with van der Waals surface area (Å²) in [6.45, 7) is 2.06. The van der Waals surface area contributed by atoms with Crippen molar-refractivity contribution in [3.63, 3.8) is 0 Å². The molecule has 5 aromatic heterocycles. The van der Waals surface area contributed by atoms with E-state index in [4.69, 9.17) is 10.7 Å². The number of aryl methyl sites for hydroxylation is 1. The lowest BCUT2D eigenvalue weighted by atomic mass is 10.0. The van der Waals surface area contributed by atoms with E-state index < -0.39 is 0 Å². The van der Waals surface area contributed by atoms with Gasteiger partial charge in [0.1, 0.15) is 5.52 Å². The molecule has 6 rings (SSSR count). The van der Waals surface area contributed by atoms with Crippen LogP contribution in [0.1, 0.15) is 37.5 Å². The summed E-state index contributed by atoms with van der Waals surface area (Å²) in [5.74, 6) is 0.762. The largest absolute Gasteiger partial charge is 0.368 e. The second kappa shape index (κ2) is 6.53. The van der Waals surface area contributed by atoms with Gasteiger partial charge in [-0.05, 0) is 38.0 Å². The van der Waals surface area contributed by atoms with E-state index in [9.17, 15) is 0 Å². The van der Waals surface area contributed by atoms with E-state index in [-0.39, 0.29) is 12.0 Å². The normalized spacial score (nSPS) is 15.0. The Balaban J connectivity index is 1.49. The van der Waals surface area contributed by atoms with Gasteiger partial charge >= 0.3 is 0 Å². The van der Waals surface area contributed by atoms with Crippen molar-refractivity contribution in [1.29, 1.82) is 0 Å². The number of anilines is 2. The van der Waals surface area contributed by atoms with Crippen LogP contribution >= 0.6 is 0 Å². The molecule has 0 amide bonds. The van der Waals surface area contributed by atoms with Crippen molar-refractivity contribution in [2.24, 2.45) is 7.05 Å². The zero-order valence-electron chi connectivity index (χ0n) is 17.2. The third-order valence-corrected chi connectivity index (χ3v) is 5.79. The summed E-state index contributed by atoms with van der Waals surface area (Å²) in [7, 11) is 2.03. The van der Waals surface area contributed by atoms with Gasteiger partial charge in [-0.15, -0.1) is 0 Å². The lowest BCUT2D eigenvalue weighted by Crippen LogP contribution is -2.14. The zero-order valence-corrected chi connectivity index (χ0v) is 17.2. The summed E-state index contributed by atoms with van der Waals surface area (Å²) in [6, 6.07) is 6.60. The Morgan fingerprint density at radius 2 is 2.10 bits per heavy atom. The minimum absolute atomic E-state index is 0.156. The molecule has 10 nitrogen and oxygen atoms in total. The third kappa shape index (κ3) is 2.90. The topological polar surface area (TPSA) is 128 Å². The first kappa shape index (κ1) is 17.9. The molecule has 0 saturated heterocycles. The van der Waals surface area contributed by atoms with Gasteiger partial charge in [0, 0.05) is 25.0 Å². The number of pyridine rings is 1. The van der Waals surface area contributed by atoms with E-state index in [0.717, 1.165) is 40.8 Å². The second-order valence-corrected chi connectivity index (χ2v) is 8.04. The van der Waals surface area contributed by atoms with Crippen LogP contribution < -0.4 is 11.1 Å². The summed E-state index contributed by atoms with van der Waals surface area (Å²) in [4.78, 5) is 20.9. The Morgan fingerprint density at radius 3 is 2.94 bits per heavy atom. The number of nitrogens with one attached hydrogen (secondary N) is 2. The minimum Gasteiger partial charge on any atom is -0.368 e. The Kier molecular flexibility index (Phi) is 3.76. The molecular formula is C21H22N10. The predicted molar refractivity (Wildman–Crippen MR) is 118 cm³/mol. The summed E-state index contributed by atoms with van der Waals surface area (Å²) in [5, 5.41) is 8.04. The molecule has 0 spiro atoms. The summed E-state index contributed by atoms with van der Waals surface area (Å²) >= 11 is 0. The highest BCUT2D eigenvalue weighted by molar-refractivity contribution is 5.85. The molecule has 1 aliphatic carbocycles. The fourth-order valence-electron chi connectivity index (χ4n) is 4.10. The maximum absolute atomic E-state index is 5.90. The molecule has 31 heavy (non-hydrogen) atoms. The van der Waals surface area contributed by atoms with Gasteiger partial charge in [0.2, 0.25) is 5.95 Å². The van der Waals surface area contributed by atoms with Crippen molar-refractivity contribution in [2.45, 2.75) is 31.8 Å². The molecule has 0 radical (unpaired) electrons. The lowest BCUT2D eigenvalue weighted by Gasteiger charge is -2.19. The van der Waals surface area contributed by atoms with Crippen LogP contribution in [0.15, 0.2) is 36.9 Å². The van der Waals surface area contributed by atoms with Crippen molar-refractivity contribution in [3.8, 4) is 11.3 Å². The van der Waals surface area contributed by atoms with E-state index in [1.807, 2.05) is 25.5 Å². The number of nitrogens with zero attached hydrogens (tertiary/aromatic N) is 7. The molecular weight excluding hydrogens is 392 g/mol. The van der Waals surface area contributed by atoms with Gasteiger partial charge in [0.25, 0.3) is 0 Å². The van der Waals surface area contributed by atoms with Gasteiger partial charge in [0.05, 0.1) is 40.8 Å². The van der Waals surface area contributed by atoms with Gasteiger partial charge < -0.3 is 20.6 Å². The highest BCUT2D eigenvalue weighted by Gasteiger charge is 2.28. The van der Waals surface area contributed by atoms with Crippen molar-refractivity contribution in [2.75, 3.05) is 11.1 Å². The number of aromatic nitrogens is 8. The molecule has 5 aromatic rings. The van der Waals surface area contributed by atoms with Crippen LogP contribution in [0.2, 0.25) is 0 Å². The first-order chi connectivity index (χ1) is 15.1. The molecule has 1 aliphatic rings. The standard InChI is InChI=1S/C21H22N10/c1-11(26-20-18-19(24-10-23-18)28-21(22)29-20)17-13(9-16-14(27-17)6-8-30(16)2)15-5-7-25-31(15)12-3-4-12/h5-12H,3-4H2,1-2H3,(H4,22,23,24,26,28,29)/t11-/m0/s1. The Hall–Kier alpha value is -3.95. The predicted octanol–water partition coefficient (Wildman–Crippen LogP) is 3.19. The van der Waals surface area contributed by atoms with Crippen LogP contribution in [0.5, 0.6) is 0 Å². The Labute approximate surface area is 177 Å². The summed E-state index contributed by atoms with van der Waals surface area (Å²) in [5.41, 5.74) is 12.2. The molecule has 0 bridgehead atoms. The first-order valence-electron chi connectivity index (χ1n) is 10.3. The van der Waals surface area contributed by atoms with Crippen LogP contribution in [0, 0.1) is 0 Å². The van der Waals surface area contributed by atoms with Gasteiger partial charge in [-0.1, -0.05) is 0 Å². The van der Waals surface area contributed by atoms with E-state index in [1.54, 1.807) is 6.33 Å². The maximum atomic E-state index is 5.90. The number of rotatable bonds is 5.